The Morgan fingerprint density at radius 1 is 1.33 bits per heavy atom. The Morgan fingerprint density at radius 3 is 2.89 bits per heavy atom. The molecule has 0 atom stereocenters. The van der Waals surface area contributed by atoms with Crippen molar-refractivity contribution in [2.45, 2.75) is 32.6 Å². The predicted molar refractivity (Wildman–Crippen MR) is 71.5 cm³/mol. The first-order valence-electron chi connectivity index (χ1n) is 6.71. The van der Waals surface area contributed by atoms with Crippen molar-refractivity contribution in [3.05, 3.63) is 30.2 Å². The fourth-order valence-corrected chi connectivity index (χ4v) is 2.91. The minimum atomic E-state index is 0.209. The first-order valence-corrected chi connectivity index (χ1v) is 6.71. The van der Waals surface area contributed by atoms with Crippen LogP contribution in [-0.2, 0) is 0 Å². The maximum atomic E-state index is 12.5. The molecule has 0 amide bonds. The van der Waals surface area contributed by atoms with Gasteiger partial charge in [-0.2, -0.15) is 0 Å². The summed E-state index contributed by atoms with van der Waals surface area (Å²) in [5.74, 6) is 1.28. The number of rotatable bonds is 2. The number of aromatic nitrogens is 2. The van der Waals surface area contributed by atoms with Crippen LogP contribution in [0.25, 0.3) is 10.9 Å². The number of nitrogens with zero attached hydrogens (tertiary/aromatic N) is 1. The fourth-order valence-electron chi connectivity index (χ4n) is 2.91. The van der Waals surface area contributed by atoms with E-state index in [1.807, 2.05) is 12.3 Å². The van der Waals surface area contributed by atoms with Gasteiger partial charge in [-0.05, 0) is 24.8 Å². The topological polar surface area (TPSA) is 45.8 Å². The van der Waals surface area contributed by atoms with Crippen LogP contribution < -0.4 is 0 Å². The molecular formula is C15H18N2O. The van der Waals surface area contributed by atoms with Gasteiger partial charge in [0.25, 0.3) is 0 Å². The first kappa shape index (κ1) is 11.5. The van der Waals surface area contributed by atoms with Gasteiger partial charge in [-0.1, -0.05) is 19.8 Å². The Morgan fingerprint density at radius 2 is 2.11 bits per heavy atom. The van der Waals surface area contributed by atoms with Crippen molar-refractivity contribution in [2.75, 3.05) is 0 Å². The Balaban J connectivity index is 1.88. The molecule has 3 nitrogen and oxygen atoms in total. The average Bonchev–Trinajstić information content (AvgIpc) is 2.82. The molecule has 0 aromatic carbocycles. The van der Waals surface area contributed by atoms with Gasteiger partial charge in [0.1, 0.15) is 0 Å². The number of aromatic amines is 1. The molecule has 94 valence electrons. The van der Waals surface area contributed by atoms with Crippen LogP contribution in [0.2, 0.25) is 0 Å². The summed E-state index contributed by atoms with van der Waals surface area (Å²) in [4.78, 5) is 19.8. The third-order valence-corrected chi connectivity index (χ3v) is 4.14. The largest absolute Gasteiger partial charge is 0.360 e. The molecule has 1 N–H and O–H groups in total. The SMILES string of the molecule is CC1CCC(C(=O)c2c[nH]c3ccncc23)CC1. The van der Waals surface area contributed by atoms with E-state index in [0.717, 1.165) is 35.2 Å². The molecule has 0 spiro atoms. The van der Waals surface area contributed by atoms with Crippen molar-refractivity contribution in [1.82, 2.24) is 9.97 Å². The van der Waals surface area contributed by atoms with Gasteiger partial charge in [0.05, 0.1) is 0 Å². The number of hydrogen-bond acceptors (Lipinski definition) is 2. The van der Waals surface area contributed by atoms with Gasteiger partial charge in [0.15, 0.2) is 5.78 Å². The van der Waals surface area contributed by atoms with Gasteiger partial charge >= 0.3 is 0 Å². The van der Waals surface area contributed by atoms with E-state index in [9.17, 15) is 4.79 Å². The monoisotopic (exact) mass is 242 g/mol. The highest BCUT2D eigenvalue weighted by atomic mass is 16.1. The zero-order valence-corrected chi connectivity index (χ0v) is 10.6. The summed E-state index contributed by atoms with van der Waals surface area (Å²) in [5, 5.41) is 0.959. The Hall–Kier alpha value is -1.64. The summed E-state index contributed by atoms with van der Waals surface area (Å²) < 4.78 is 0. The number of pyridine rings is 1. The number of ketones is 1. The quantitative estimate of drug-likeness (QED) is 0.818. The van der Waals surface area contributed by atoms with Crippen LogP contribution in [0.15, 0.2) is 24.7 Å². The normalized spacial score (nSPS) is 24.3. The fraction of sp³-hybridized carbons (Fsp3) is 0.467. The summed E-state index contributed by atoms with van der Waals surface area (Å²) in [5.41, 5.74) is 1.81. The summed E-state index contributed by atoms with van der Waals surface area (Å²) >= 11 is 0. The Kier molecular flexibility index (Phi) is 2.90. The minimum Gasteiger partial charge on any atom is -0.360 e. The smallest absolute Gasteiger partial charge is 0.168 e. The van der Waals surface area contributed by atoms with Crippen molar-refractivity contribution in [3.8, 4) is 0 Å². The number of fused-ring (bicyclic) bond motifs is 1. The lowest BCUT2D eigenvalue weighted by molar-refractivity contribution is 0.0877. The number of hydrogen-bond donors (Lipinski definition) is 1. The van der Waals surface area contributed by atoms with Crippen LogP contribution in [0.5, 0.6) is 0 Å². The van der Waals surface area contributed by atoms with E-state index in [-0.39, 0.29) is 5.92 Å². The third-order valence-electron chi connectivity index (χ3n) is 4.14. The zero-order valence-electron chi connectivity index (χ0n) is 10.6. The molecule has 0 bridgehead atoms. The molecule has 2 aromatic rings. The molecule has 0 radical (unpaired) electrons. The highest BCUT2D eigenvalue weighted by Crippen LogP contribution is 2.32. The zero-order chi connectivity index (χ0) is 12.5. The van der Waals surface area contributed by atoms with Crippen molar-refractivity contribution in [3.63, 3.8) is 0 Å². The van der Waals surface area contributed by atoms with E-state index < -0.39 is 0 Å². The molecule has 3 rings (SSSR count). The van der Waals surface area contributed by atoms with Gasteiger partial charge in [-0.3, -0.25) is 9.78 Å². The van der Waals surface area contributed by atoms with Crippen LogP contribution in [0.3, 0.4) is 0 Å². The molecule has 0 saturated heterocycles. The lowest BCUT2D eigenvalue weighted by Gasteiger charge is -2.24. The van der Waals surface area contributed by atoms with E-state index in [1.54, 1.807) is 12.4 Å². The molecule has 1 fully saturated rings. The molecule has 1 aliphatic rings. The molecule has 0 unspecified atom stereocenters. The van der Waals surface area contributed by atoms with Crippen LogP contribution in [0, 0.1) is 11.8 Å². The lowest BCUT2D eigenvalue weighted by Crippen LogP contribution is -2.20. The standard InChI is InChI=1S/C15H18N2O/c1-10-2-4-11(5-3-10)15(18)13-9-17-14-6-7-16-8-12(13)14/h6-11,17H,2-5H2,1H3. The number of carbonyl (C=O) groups excluding carboxylic acids is 1. The summed E-state index contributed by atoms with van der Waals surface area (Å²) in [6.45, 7) is 2.27. The van der Waals surface area contributed by atoms with E-state index in [0.29, 0.717) is 5.78 Å². The van der Waals surface area contributed by atoms with E-state index in [2.05, 4.69) is 16.9 Å². The summed E-state index contributed by atoms with van der Waals surface area (Å²) in [6.07, 6.45) is 9.79. The number of nitrogens with one attached hydrogen (secondary N) is 1. The van der Waals surface area contributed by atoms with Gasteiger partial charge in [-0.15, -0.1) is 0 Å². The summed E-state index contributed by atoms with van der Waals surface area (Å²) in [6, 6.07) is 1.91. The van der Waals surface area contributed by atoms with Crippen molar-refractivity contribution < 1.29 is 4.79 Å². The van der Waals surface area contributed by atoms with Crippen LogP contribution >= 0.6 is 0 Å². The van der Waals surface area contributed by atoms with Gasteiger partial charge < -0.3 is 4.98 Å². The second kappa shape index (κ2) is 4.56. The Bertz CT molecular complexity index is 565. The van der Waals surface area contributed by atoms with Gasteiger partial charge in [-0.25, -0.2) is 0 Å². The highest BCUT2D eigenvalue weighted by Gasteiger charge is 2.26. The van der Waals surface area contributed by atoms with Crippen LogP contribution in [0.4, 0.5) is 0 Å². The Labute approximate surface area is 107 Å². The van der Waals surface area contributed by atoms with E-state index >= 15 is 0 Å². The molecular weight excluding hydrogens is 224 g/mol. The van der Waals surface area contributed by atoms with E-state index in [4.69, 9.17) is 0 Å². The molecule has 18 heavy (non-hydrogen) atoms. The number of H-pyrrole nitrogens is 1. The number of carbonyl (C=O) groups is 1. The van der Waals surface area contributed by atoms with Gasteiger partial charge in [0, 0.05) is 41.0 Å². The van der Waals surface area contributed by atoms with Crippen LogP contribution in [0.1, 0.15) is 43.0 Å². The second-order valence-corrected chi connectivity index (χ2v) is 5.44. The molecule has 2 heterocycles. The van der Waals surface area contributed by atoms with E-state index in [1.165, 1.54) is 12.8 Å². The lowest BCUT2D eigenvalue weighted by atomic mass is 9.79. The first-order chi connectivity index (χ1) is 8.75. The third kappa shape index (κ3) is 1.94. The number of Topliss-reactive ketones (excluding diaryl/α,β-unsaturated/α-hetero) is 1. The van der Waals surface area contributed by atoms with Gasteiger partial charge in [0.2, 0.25) is 0 Å². The molecule has 1 saturated carbocycles. The predicted octanol–water partition coefficient (Wildman–Crippen LogP) is 3.57. The van der Waals surface area contributed by atoms with Crippen molar-refractivity contribution in [2.24, 2.45) is 11.8 Å². The molecule has 2 aromatic heterocycles. The minimum absolute atomic E-state index is 0.209. The summed E-state index contributed by atoms with van der Waals surface area (Å²) in [7, 11) is 0. The molecule has 3 heteroatoms. The highest BCUT2D eigenvalue weighted by molar-refractivity contribution is 6.08. The molecule has 1 aliphatic carbocycles. The maximum absolute atomic E-state index is 12.5. The average molecular weight is 242 g/mol. The maximum Gasteiger partial charge on any atom is 0.168 e. The molecule has 0 aliphatic heterocycles. The van der Waals surface area contributed by atoms with Crippen LogP contribution in [-0.4, -0.2) is 15.8 Å². The van der Waals surface area contributed by atoms with Crippen molar-refractivity contribution >= 4 is 16.7 Å². The second-order valence-electron chi connectivity index (χ2n) is 5.44. The van der Waals surface area contributed by atoms with Crippen molar-refractivity contribution in [1.29, 1.82) is 0 Å².